The van der Waals surface area contributed by atoms with E-state index in [1.807, 2.05) is 0 Å². The third-order valence-electron chi connectivity index (χ3n) is 13.0. The molecule has 0 N–H and O–H groups in total. The molecule has 0 aliphatic heterocycles. The van der Waals surface area contributed by atoms with Crippen molar-refractivity contribution in [2.45, 2.75) is 0 Å². The third kappa shape index (κ3) is 7.21. The number of hydrogen-bond donors (Lipinski definition) is 0. The highest BCUT2D eigenvalue weighted by atomic mass is 15.1. The molecular weight excluding hydrogens is 797 g/mol. The lowest BCUT2D eigenvalue weighted by atomic mass is 9.96. The van der Waals surface area contributed by atoms with Gasteiger partial charge >= 0.3 is 0 Å². The second-order valence-corrected chi connectivity index (χ2v) is 17.0. The summed E-state index contributed by atoms with van der Waals surface area (Å²) in [6.07, 6.45) is 0. The molecule has 0 bridgehead atoms. The molecule has 2 nitrogen and oxygen atoms in total. The van der Waals surface area contributed by atoms with E-state index < -0.39 is 0 Å². The summed E-state index contributed by atoms with van der Waals surface area (Å²) in [7, 11) is 0. The molecule has 0 radical (unpaired) electrons. The van der Waals surface area contributed by atoms with Crippen LogP contribution in [0.2, 0.25) is 0 Å². The molecule has 0 amide bonds. The Morgan fingerprint density at radius 3 is 1.14 bits per heavy atom. The molecule has 11 aromatic carbocycles. The maximum absolute atomic E-state index is 2.42. The average molecular weight is 841 g/mol. The number of nitrogens with zero attached hydrogens (tertiary/aromatic N) is 2. The molecule has 2 heteroatoms. The minimum absolute atomic E-state index is 1.08. The number of aromatic nitrogens is 1. The fourth-order valence-corrected chi connectivity index (χ4v) is 9.72. The molecule has 0 saturated carbocycles. The summed E-state index contributed by atoms with van der Waals surface area (Å²) in [5.74, 6) is 0. The zero-order chi connectivity index (χ0) is 43.8. The minimum atomic E-state index is 1.08. The van der Waals surface area contributed by atoms with Crippen LogP contribution >= 0.6 is 0 Å². The molecule has 1 heterocycles. The van der Waals surface area contributed by atoms with E-state index in [2.05, 4.69) is 276 Å². The SMILES string of the molecule is c1ccc(-c2ccc(-c3ccc(N(c4ccc(-c5cc(-c6ccccc6)cc(-n6c7ccccc7c7ccccc76)c5)cc4)c4cc(-c5ccccc5)c5ccccc5c4)cc3)cc2)cc1. The Morgan fingerprint density at radius 1 is 0.242 bits per heavy atom. The van der Waals surface area contributed by atoms with Crippen LogP contribution in [0.25, 0.3) is 93.9 Å². The molecule has 310 valence electrons. The second kappa shape index (κ2) is 16.8. The Balaban J connectivity index is 0.983. The Morgan fingerprint density at radius 2 is 0.621 bits per heavy atom. The lowest BCUT2D eigenvalue weighted by Gasteiger charge is -2.27. The van der Waals surface area contributed by atoms with E-state index in [-0.39, 0.29) is 0 Å². The fraction of sp³-hybridized carbons (Fsp3) is 0. The maximum Gasteiger partial charge on any atom is 0.0541 e. The van der Waals surface area contributed by atoms with E-state index in [0.29, 0.717) is 0 Å². The van der Waals surface area contributed by atoms with Crippen molar-refractivity contribution < 1.29 is 0 Å². The second-order valence-electron chi connectivity index (χ2n) is 17.0. The topological polar surface area (TPSA) is 8.17 Å². The van der Waals surface area contributed by atoms with E-state index in [1.54, 1.807) is 0 Å². The van der Waals surface area contributed by atoms with Crippen molar-refractivity contribution in [1.82, 2.24) is 4.57 Å². The van der Waals surface area contributed by atoms with Crippen LogP contribution in [0, 0.1) is 0 Å². The Bertz CT molecular complexity index is 3590. The summed E-state index contributed by atoms with van der Waals surface area (Å²) in [5, 5.41) is 4.93. The van der Waals surface area contributed by atoms with E-state index in [9.17, 15) is 0 Å². The van der Waals surface area contributed by atoms with Gasteiger partial charge in [-0.05, 0) is 133 Å². The van der Waals surface area contributed by atoms with Gasteiger partial charge in [0, 0.05) is 33.5 Å². The predicted molar refractivity (Wildman–Crippen MR) is 280 cm³/mol. The van der Waals surface area contributed by atoms with Crippen molar-refractivity contribution in [2.24, 2.45) is 0 Å². The first kappa shape index (κ1) is 38.9. The standard InChI is InChI=1S/C64H44N2/c1-4-16-45(17-5-1)47-28-30-48(31-29-47)49-32-36-55(37-33-49)65(58-41-52-22-10-11-23-59(52)62(44-58)51-20-8-3-9-21-51)56-38-34-50(35-39-56)54-40-53(46-18-6-2-7-19-46)42-57(43-54)66-63-26-14-12-24-60(63)61-25-13-15-27-64(61)66/h1-44H. The summed E-state index contributed by atoms with van der Waals surface area (Å²) < 4.78 is 2.42. The highest BCUT2D eigenvalue weighted by Gasteiger charge is 2.18. The van der Waals surface area contributed by atoms with Gasteiger partial charge in [0.1, 0.15) is 0 Å². The fourth-order valence-electron chi connectivity index (χ4n) is 9.72. The molecule has 12 aromatic rings. The molecule has 0 saturated heterocycles. The normalized spacial score (nSPS) is 11.3. The van der Waals surface area contributed by atoms with Gasteiger partial charge in [0.05, 0.1) is 11.0 Å². The highest BCUT2D eigenvalue weighted by Crippen LogP contribution is 2.42. The molecular formula is C64H44N2. The molecule has 0 unspecified atom stereocenters. The van der Waals surface area contributed by atoms with Gasteiger partial charge in [0.2, 0.25) is 0 Å². The van der Waals surface area contributed by atoms with Crippen LogP contribution in [0.5, 0.6) is 0 Å². The number of benzene rings is 11. The van der Waals surface area contributed by atoms with Crippen LogP contribution in [-0.2, 0) is 0 Å². The molecule has 66 heavy (non-hydrogen) atoms. The zero-order valence-electron chi connectivity index (χ0n) is 36.3. The first-order chi connectivity index (χ1) is 32.7. The number of rotatable bonds is 9. The van der Waals surface area contributed by atoms with Crippen LogP contribution in [0.1, 0.15) is 0 Å². The van der Waals surface area contributed by atoms with Gasteiger partial charge in [-0.3, -0.25) is 0 Å². The molecule has 0 fully saturated rings. The number of para-hydroxylation sites is 2. The van der Waals surface area contributed by atoms with E-state index in [4.69, 9.17) is 0 Å². The summed E-state index contributed by atoms with van der Waals surface area (Å²) >= 11 is 0. The number of anilines is 3. The Labute approximate surface area is 385 Å². The van der Waals surface area contributed by atoms with E-state index in [1.165, 1.54) is 77.1 Å². The first-order valence-corrected chi connectivity index (χ1v) is 22.7. The number of fused-ring (bicyclic) bond motifs is 4. The minimum Gasteiger partial charge on any atom is -0.310 e. The van der Waals surface area contributed by atoms with Gasteiger partial charge in [0.15, 0.2) is 0 Å². The Kier molecular flexibility index (Phi) is 9.89. The van der Waals surface area contributed by atoms with Gasteiger partial charge < -0.3 is 9.47 Å². The molecule has 12 rings (SSSR count). The highest BCUT2D eigenvalue weighted by molar-refractivity contribution is 6.09. The maximum atomic E-state index is 2.42. The van der Waals surface area contributed by atoms with Gasteiger partial charge in [-0.1, -0.05) is 200 Å². The average Bonchev–Trinajstić information content (AvgIpc) is 3.74. The van der Waals surface area contributed by atoms with Crippen LogP contribution < -0.4 is 4.90 Å². The lowest BCUT2D eigenvalue weighted by molar-refractivity contribution is 1.18. The van der Waals surface area contributed by atoms with Crippen LogP contribution in [0.15, 0.2) is 267 Å². The quantitative estimate of drug-likeness (QED) is 0.141. The van der Waals surface area contributed by atoms with Gasteiger partial charge in [-0.15, -0.1) is 0 Å². The van der Waals surface area contributed by atoms with E-state index >= 15 is 0 Å². The van der Waals surface area contributed by atoms with Gasteiger partial charge in [0.25, 0.3) is 0 Å². The van der Waals surface area contributed by atoms with Crippen molar-refractivity contribution in [1.29, 1.82) is 0 Å². The van der Waals surface area contributed by atoms with Crippen LogP contribution in [0.4, 0.5) is 17.1 Å². The molecule has 0 atom stereocenters. The predicted octanol–water partition coefficient (Wildman–Crippen LogP) is 17.7. The monoisotopic (exact) mass is 840 g/mol. The van der Waals surface area contributed by atoms with Crippen LogP contribution in [-0.4, -0.2) is 4.57 Å². The van der Waals surface area contributed by atoms with Crippen molar-refractivity contribution in [3.05, 3.63) is 267 Å². The lowest BCUT2D eigenvalue weighted by Crippen LogP contribution is -2.10. The van der Waals surface area contributed by atoms with Crippen molar-refractivity contribution in [3.63, 3.8) is 0 Å². The van der Waals surface area contributed by atoms with Crippen LogP contribution in [0.3, 0.4) is 0 Å². The summed E-state index contributed by atoms with van der Waals surface area (Å²) in [5.41, 5.74) is 18.6. The number of hydrogen-bond acceptors (Lipinski definition) is 1. The Hall–Kier alpha value is -8.72. The smallest absolute Gasteiger partial charge is 0.0541 e. The summed E-state index contributed by atoms with van der Waals surface area (Å²) in [6, 6.07) is 96.9. The largest absolute Gasteiger partial charge is 0.310 e. The first-order valence-electron chi connectivity index (χ1n) is 22.7. The molecule has 1 aromatic heterocycles. The van der Waals surface area contributed by atoms with E-state index in [0.717, 1.165) is 33.9 Å². The molecule has 0 aliphatic carbocycles. The van der Waals surface area contributed by atoms with Crippen molar-refractivity contribution in [3.8, 4) is 61.3 Å². The summed E-state index contributed by atoms with van der Waals surface area (Å²) in [6.45, 7) is 0. The molecule has 0 aliphatic rings. The molecule has 0 spiro atoms. The third-order valence-corrected chi connectivity index (χ3v) is 13.0. The van der Waals surface area contributed by atoms with Gasteiger partial charge in [-0.25, -0.2) is 0 Å². The van der Waals surface area contributed by atoms with Crippen molar-refractivity contribution in [2.75, 3.05) is 4.90 Å². The zero-order valence-corrected chi connectivity index (χ0v) is 36.3. The summed E-state index contributed by atoms with van der Waals surface area (Å²) in [4.78, 5) is 2.40. The van der Waals surface area contributed by atoms with Crippen molar-refractivity contribution >= 4 is 49.6 Å². The van der Waals surface area contributed by atoms with Gasteiger partial charge in [-0.2, -0.15) is 0 Å².